The number of likely N-dealkylation sites (N-methyl/N-ethyl adjacent to an activating group) is 2. The minimum atomic E-state index is 0. The fraction of sp³-hybridized carbons (Fsp3) is 0.588. The number of carbonyl (C=O) groups is 1. The fourth-order valence-electron chi connectivity index (χ4n) is 2.72. The molecule has 1 aromatic rings. The zero-order valence-corrected chi connectivity index (χ0v) is 15.7. The summed E-state index contributed by atoms with van der Waals surface area (Å²) in [5.74, 6) is 0.956. The standard InChI is InChI=1S/C17H27N3O.2ClH/c1-19(16-6-4-3-5-7-16)12-13-20(2)17(21)9-8-15-10-11-18-14-15;;/h3-7,15,18H,8-14H2,1-2H3;2*1H. The molecule has 0 bridgehead atoms. The summed E-state index contributed by atoms with van der Waals surface area (Å²) in [6, 6.07) is 10.3. The second kappa shape index (κ2) is 11.5. The van der Waals surface area contributed by atoms with Crippen molar-refractivity contribution >= 4 is 36.4 Å². The third-order valence-corrected chi connectivity index (χ3v) is 4.32. The van der Waals surface area contributed by atoms with Crippen molar-refractivity contribution in [1.29, 1.82) is 0 Å². The monoisotopic (exact) mass is 361 g/mol. The van der Waals surface area contributed by atoms with E-state index in [-0.39, 0.29) is 30.7 Å². The zero-order chi connectivity index (χ0) is 15.1. The van der Waals surface area contributed by atoms with E-state index in [9.17, 15) is 4.79 Å². The third kappa shape index (κ3) is 7.42. The number of rotatable bonds is 7. The Morgan fingerprint density at radius 2 is 1.87 bits per heavy atom. The first-order chi connectivity index (χ1) is 10.2. The molecule has 2 rings (SSSR count). The predicted molar refractivity (Wildman–Crippen MR) is 102 cm³/mol. The van der Waals surface area contributed by atoms with Crippen LogP contribution in [-0.4, -0.2) is 51.1 Å². The van der Waals surface area contributed by atoms with E-state index in [2.05, 4.69) is 29.4 Å². The number of halogens is 2. The molecule has 4 nitrogen and oxygen atoms in total. The molecule has 0 saturated carbocycles. The third-order valence-electron chi connectivity index (χ3n) is 4.32. The van der Waals surface area contributed by atoms with E-state index < -0.39 is 0 Å². The van der Waals surface area contributed by atoms with Gasteiger partial charge in [0, 0.05) is 39.3 Å². The lowest BCUT2D eigenvalue weighted by atomic mass is 10.0. The Labute approximate surface area is 152 Å². The number of nitrogens with one attached hydrogen (secondary N) is 1. The average molecular weight is 362 g/mol. The lowest BCUT2D eigenvalue weighted by Crippen LogP contribution is -2.34. The Bertz CT molecular complexity index is 439. The molecule has 1 amide bonds. The predicted octanol–water partition coefficient (Wildman–Crippen LogP) is 2.81. The lowest BCUT2D eigenvalue weighted by molar-refractivity contribution is -0.130. The van der Waals surface area contributed by atoms with E-state index >= 15 is 0 Å². The van der Waals surface area contributed by atoms with E-state index in [1.54, 1.807) is 0 Å². The van der Waals surface area contributed by atoms with Gasteiger partial charge in [-0.25, -0.2) is 0 Å². The number of para-hydroxylation sites is 1. The first-order valence-corrected chi connectivity index (χ1v) is 7.87. The van der Waals surface area contributed by atoms with Crippen molar-refractivity contribution in [3.05, 3.63) is 30.3 Å². The first-order valence-electron chi connectivity index (χ1n) is 7.87. The number of anilines is 1. The van der Waals surface area contributed by atoms with Crippen LogP contribution >= 0.6 is 24.8 Å². The molecule has 0 aliphatic carbocycles. The van der Waals surface area contributed by atoms with Gasteiger partial charge in [0.25, 0.3) is 0 Å². The summed E-state index contributed by atoms with van der Waals surface area (Å²) in [5, 5.41) is 3.35. The number of nitrogens with zero attached hydrogens (tertiary/aromatic N) is 2. The Morgan fingerprint density at radius 1 is 1.17 bits per heavy atom. The van der Waals surface area contributed by atoms with Crippen LogP contribution < -0.4 is 10.2 Å². The van der Waals surface area contributed by atoms with Gasteiger partial charge in [0.2, 0.25) is 5.91 Å². The van der Waals surface area contributed by atoms with Gasteiger partial charge in [0.1, 0.15) is 0 Å². The maximum Gasteiger partial charge on any atom is 0.222 e. The van der Waals surface area contributed by atoms with Gasteiger partial charge < -0.3 is 15.1 Å². The molecule has 0 aromatic heterocycles. The van der Waals surface area contributed by atoms with Crippen LogP contribution in [0.25, 0.3) is 0 Å². The number of carbonyl (C=O) groups excluding carboxylic acids is 1. The first kappa shape index (κ1) is 22.0. The summed E-state index contributed by atoms with van der Waals surface area (Å²) in [4.78, 5) is 16.2. The van der Waals surface area contributed by atoms with Crippen molar-refractivity contribution in [2.24, 2.45) is 5.92 Å². The van der Waals surface area contributed by atoms with Crippen molar-refractivity contribution < 1.29 is 4.79 Å². The van der Waals surface area contributed by atoms with Crippen LogP contribution in [0.2, 0.25) is 0 Å². The van der Waals surface area contributed by atoms with E-state index in [0.717, 1.165) is 32.6 Å². The van der Waals surface area contributed by atoms with Gasteiger partial charge in [-0.2, -0.15) is 0 Å². The summed E-state index contributed by atoms with van der Waals surface area (Å²) in [6.45, 7) is 3.81. The summed E-state index contributed by atoms with van der Waals surface area (Å²) in [6.07, 6.45) is 2.91. The smallest absolute Gasteiger partial charge is 0.222 e. The minimum Gasteiger partial charge on any atom is -0.373 e. The van der Waals surface area contributed by atoms with E-state index in [4.69, 9.17) is 0 Å². The normalized spacial score (nSPS) is 16.2. The molecule has 1 aliphatic rings. The van der Waals surface area contributed by atoms with Crippen molar-refractivity contribution in [1.82, 2.24) is 10.2 Å². The summed E-state index contributed by atoms with van der Waals surface area (Å²) < 4.78 is 0. The Morgan fingerprint density at radius 3 is 2.48 bits per heavy atom. The molecule has 0 radical (unpaired) electrons. The lowest BCUT2D eigenvalue weighted by Gasteiger charge is -2.24. The van der Waals surface area contributed by atoms with Crippen molar-refractivity contribution in [2.45, 2.75) is 19.3 Å². The van der Waals surface area contributed by atoms with Crippen LogP contribution in [0.15, 0.2) is 30.3 Å². The van der Waals surface area contributed by atoms with Crippen molar-refractivity contribution in [2.75, 3.05) is 45.2 Å². The Kier molecular flexibility index (Phi) is 11.1. The second-order valence-electron chi connectivity index (χ2n) is 5.97. The molecule has 1 N–H and O–H groups in total. The largest absolute Gasteiger partial charge is 0.373 e. The van der Waals surface area contributed by atoms with Gasteiger partial charge in [-0.05, 0) is 44.0 Å². The molecule has 1 heterocycles. The maximum absolute atomic E-state index is 12.1. The molecule has 1 atom stereocenters. The molecule has 6 heteroatoms. The molecule has 0 spiro atoms. The average Bonchev–Trinajstić information content (AvgIpc) is 3.04. The van der Waals surface area contributed by atoms with Crippen LogP contribution in [0.3, 0.4) is 0 Å². The van der Waals surface area contributed by atoms with Crippen LogP contribution in [0.4, 0.5) is 5.69 Å². The molecule has 1 unspecified atom stereocenters. The topological polar surface area (TPSA) is 35.6 Å². The second-order valence-corrected chi connectivity index (χ2v) is 5.97. The quantitative estimate of drug-likeness (QED) is 0.810. The zero-order valence-electron chi connectivity index (χ0n) is 14.0. The van der Waals surface area contributed by atoms with Crippen LogP contribution in [0.1, 0.15) is 19.3 Å². The highest BCUT2D eigenvalue weighted by molar-refractivity contribution is 5.85. The Hall–Kier alpha value is -0.970. The molecular weight excluding hydrogens is 333 g/mol. The van der Waals surface area contributed by atoms with Crippen molar-refractivity contribution in [3.63, 3.8) is 0 Å². The van der Waals surface area contributed by atoms with Crippen LogP contribution in [0.5, 0.6) is 0 Å². The molecule has 1 aromatic carbocycles. The van der Waals surface area contributed by atoms with Gasteiger partial charge >= 0.3 is 0 Å². The number of amides is 1. The number of hydrogen-bond acceptors (Lipinski definition) is 3. The molecule has 1 saturated heterocycles. The molecule has 23 heavy (non-hydrogen) atoms. The fourth-order valence-corrected chi connectivity index (χ4v) is 2.72. The molecular formula is C17H29Cl2N3O. The van der Waals surface area contributed by atoms with E-state index in [0.29, 0.717) is 12.3 Å². The van der Waals surface area contributed by atoms with Crippen molar-refractivity contribution in [3.8, 4) is 0 Å². The number of hydrogen-bond donors (Lipinski definition) is 1. The molecule has 132 valence electrons. The molecule has 1 fully saturated rings. The van der Waals surface area contributed by atoms with Crippen LogP contribution in [0, 0.1) is 5.92 Å². The highest BCUT2D eigenvalue weighted by Gasteiger charge is 2.17. The Balaban J connectivity index is 0.00000242. The van der Waals surface area contributed by atoms with Gasteiger partial charge in [0.05, 0.1) is 0 Å². The summed E-state index contributed by atoms with van der Waals surface area (Å²) in [7, 11) is 3.98. The number of benzene rings is 1. The van der Waals surface area contributed by atoms with E-state index in [1.807, 2.05) is 30.1 Å². The van der Waals surface area contributed by atoms with E-state index in [1.165, 1.54) is 12.1 Å². The highest BCUT2D eigenvalue weighted by atomic mass is 35.5. The highest BCUT2D eigenvalue weighted by Crippen LogP contribution is 2.15. The maximum atomic E-state index is 12.1. The van der Waals surface area contributed by atoms with Gasteiger partial charge in [-0.3, -0.25) is 4.79 Å². The molecule has 1 aliphatic heterocycles. The van der Waals surface area contributed by atoms with Gasteiger partial charge in [0.15, 0.2) is 0 Å². The minimum absolute atomic E-state index is 0. The summed E-state index contributed by atoms with van der Waals surface area (Å²) in [5.41, 5.74) is 1.19. The van der Waals surface area contributed by atoms with Gasteiger partial charge in [-0.1, -0.05) is 18.2 Å². The van der Waals surface area contributed by atoms with Gasteiger partial charge in [-0.15, -0.1) is 24.8 Å². The van der Waals surface area contributed by atoms with Crippen LogP contribution in [-0.2, 0) is 4.79 Å². The SMILES string of the molecule is CN(CCN(C)c1ccccc1)C(=O)CCC1CCNC1.Cl.Cl. The summed E-state index contributed by atoms with van der Waals surface area (Å²) >= 11 is 0.